The number of hydrogen-bond donors (Lipinski definition) is 0. The molecule has 0 saturated heterocycles. The highest BCUT2D eigenvalue weighted by Gasteiger charge is 2.35. The predicted octanol–water partition coefficient (Wildman–Crippen LogP) is 2.99. The van der Waals surface area contributed by atoms with E-state index < -0.39 is 13.1 Å². The summed E-state index contributed by atoms with van der Waals surface area (Å²) in [5.41, 5.74) is -0.448. The summed E-state index contributed by atoms with van der Waals surface area (Å²) in [4.78, 5) is 11.9. The average molecular weight is 246 g/mol. The fraction of sp³-hybridized carbons (Fsp3) is 0.500. The van der Waals surface area contributed by atoms with Crippen molar-refractivity contribution in [2.45, 2.75) is 20.8 Å². The lowest BCUT2D eigenvalue weighted by molar-refractivity contribution is 0.100. The lowest BCUT2D eigenvalue weighted by atomic mass is 10.3. The molecule has 0 aromatic carbocycles. The van der Waals surface area contributed by atoms with Crippen molar-refractivity contribution in [3.63, 3.8) is 0 Å². The zero-order valence-electron chi connectivity index (χ0n) is 9.56. The van der Waals surface area contributed by atoms with Gasteiger partial charge in [0.2, 0.25) is 0 Å². The summed E-state index contributed by atoms with van der Waals surface area (Å²) in [5, 5.41) is 0. The molecular weight excluding hydrogens is 231 g/mol. The Morgan fingerprint density at radius 2 is 1.94 bits per heavy atom. The van der Waals surface area contributed by atoms with Crippen LogP contribution >= 0.6 is 7.60 Å². The number of carbonyl (C=O) groups excluding carboxylic acids is 1. The average Bonchev–Trinajstić information content (AvgIpc) is 2.64. The number of hydrogen-bond acceptors (Lipinski definition) is 5. The second-order valence-electron chi connectivity index (χ2n) is 3.08. The zero-order valence-corrected chi connectivity index (χ0v) is 10.5. The van der Waals surface area contributed by atoms with Crippen LogP contribution in [0.5, 0.6) is 0 Å². The Balaban J connectivity index is 2.95. The molecule has 0 aliphatic carbocycles. The molecule has 0 saturated carbocycles. The van der Waals surface area contributed by atoms with E-state index in [4.69, 9.17) is 13.5 Å². The third-order valence-electron chi connectivity index (χ3n) is 1.82. The van der Waals surface area contributed by atoms with Crippen molar-refractivity contribution < 1.29 is 22.8 Å². The maximum Gasteiger partial charge on any atom is 0.401 e. The molecule has 1 heterocycles. The fourth-order valence-electron chi connectivity index (χ4n) is 1.21. The summed E-state index contributed by atoms with van der Waals surface area (Å²) in [7, 11) is -3.72. The van der Waals surface area contributed by atoms with Crippen LogP contribution in [0.15, 0.2) is 16.7 Å². The van der Waals surface area contributed by atoms with E-state index in [0.717, 1.165) is 0 Å². The Labute approximate surface area is 94.3 Å². The minimum atomic E-state index is -3.72. The van der Waals surface area contributed by atoms with Crippen molar-refractivity contribution in [2.24, 2.45) is 0 Å². The SMILES string of the molecule is CCOP(=O)(OCC)C(=O)c1coc(C)c1. The third-order valence-corrected chi connectivity index (χ3v) is 3.78. The van der Waals surface area contributed by atoms with Crippen molar-refractivity contribution in [1.82, 2.24) is 0 Å². The molecule has 6 heteroatoms. The molecule has 16 heavy (non-hydrogen) atoms. The molecule has 0 aliphatic rings. The van der Waals surface area contributed by atoms with Crippen molar-refractivity contribution >= 4 is 13.1 Å². The van der Waals surface area contributed by atoms with Crippen molar-refractivity contribution in [3.8, 4) is 0 Å². The van der Waals surface area contributed by atoms with Gasteiger partial charge in [-0.2, -0.15) is 0 Å². The lowest BCUT2D eigenvalue weighted by Crippen LogP contribution is -2.06. The van der Waals surface area contributed by atoms with Gasteiger partial charge < -0.3 is 13.5 Å². The first kappa shape index (κ1) is 13.2. The van der Waals surface area contributed by atoms with E-state index in [0.29, 0.717) is 5.76 Å². The summed E-state index contributed by atoms with van der Waals surface area (Å²) in [5.74, 6) is 0.572. The molecule has 1 aromatic rings. The highest BCUT2D eigenvalue weighted by Crippen LogP contribution is 2.51. The summed E-state index contributed by atoms with van der Waals surface area (Å²) in [6, 6.07) is 1.51. The highest BCUT2D eigenvalue weighted by molar-refractivity contribution is 7.72. The number of furan rings is 1. The molecule has 0 atom stereocenters. The Morgan fingerprint density at radius 1 is 1.38 bits per heavy atom. The van der Waals surface area contributed by atoms with Gasteiger partial charge in [0.05, 0.1) is 18.8 Å². The summed E-state index contributed by atoms with van der Waals surface area (Å²) in [6.45, 7) is 5.31. The Kier molecular flexibility index (Phi) is 4.47. The van der Waals surface area contributed by atoms with Crippen LogP contribution in [0.3, 0.4) is 0 Å². The summed E-state index contributed by atoms with van der Waals surface area (Å²) >= 11 is 0. The van der Waals surface area contributed by atoms with Crippen LogP contribution in [0.4, 0.5) is 0 Å². The van der Waals surface area contributed by atoms with Crippen molar-refractivity contribution in [1.29, 1.82) is 0 Å². The smallest absolute Gasteiger partial charge is 0.401 e. The molecule has 0 amide bonds. The summed E-state index contributed by atoms with van der Waals surface area (Å²) in [6.07, 6.45) is 1.25. The van der Waals surface area contributed by atoms with E-state index >= 15 is 0 Å². The Bertz CT molecular complexity index is 399. The monoisotopic (exact) mass is 246 g/mol. The number of aryl methyl sites for hydroxylation is 1. The lowest BCUT2D eigenvalue weighted by Gasteiger charge is -2.14. The highest BCUT2D eigenvalue weighted by atomic mass is 31.2. The van der Waals surface area contributed by atoms with E-state index in [-0.39, 0.29) is 18.8 Å². The molecule has 0 fully saturated rings. The van der Waals surface area contributed by atoms with Gasteiger partial charge in [0, 0.05) is 0 Å². The molecule has 0 spiro atoms. The van der Waals surface area contributed by atoms with Crippen LogP contribution in [-0.4, -0.2) is 18.7 Å². The van der Waals surface area contributed by atoms with Crippen LogP contribution in [0.1, 0.15) is 30.0 Å². The van der Waals surface area contributed by atoms with Gasteiger partial charge in [0.1, 0.15) is 12.0 Å². The topological polar surface area (TPSA) is 65.7 Å². The van der Waals surface area contributed by atoms with Crippen LogP contribution in [0.2, 0.25) is 0 Å². The van der Waals surface area contributed by atoms with E-state index in [1.54, 1.807) is 20.8 Å². The van der Waals surface area contributed by atoms with Gasteiger partial charge in [0.25, 0.3) is 5.52 Å². The van der Waals surface area contributed by atoms with Gasteiger partial charge >= 0.3 is 7.60 Å². The van der Waals surface area contributed by atoms with Gasteiger partial charge in [-0.1, -0.05) is 0 Å². The largest absolute Gasteiger partial charge is 0.469 e. The number of rotatable bonds is 6. The number of carbonyl (C=O) groups is 1. The van der Waals surface area contributed by atoms with Gasteiger partial charge in [0.15, 0.2) is 0 Å². The fourth-order valence-corrected chi connectivity index (χ4v) is 2.63. The quantitative estimate of drug-likeness (QED) is 0.722. The maximum atomic E-state index is 12.1. The van der Waals surface area contributed by atoms with E-state index in [1.807, 2.05) is 0 Å². The molecule has 0 unspecified atom stereocenters. The second-order valence-corrected chi connectivity index (χ2v) is 5.00. The zero-order chi connectivity index (χ0) is 12.2. The Morgan fingerprint density at radius 3 is 2.31 bits per heavy atom. The summed E-state index contributed by atoms with van der Waals surface area (Å²) < 4.78 is 26.9. The molecule has 0 N–H and O–H groups in total. The second kappa shape index (κ2) is 5.43. The molecule has 0 bridgehead atoms. The normalized spacial score (nSPS) is 11.7. The molecule has 0 radical (unpaired) electrons. The van der Waals surface area contributed by atoms with Crippen LogP contribution in [0, 0.1) is 6.92 Å². The maximum absolute atomic E-state index is 12.1. The first-order valence-electron chi connectivity index (χ1n) is 5.02. The van der Waals surface area contributed by atoms with Crippen molar-refractivity contribution in [3.05, 3.63) is 23.7 Å². The van der Waals surface area contributed by atoms with E-state index in [9.17, 15) is 9.36 Å². The molecule has 1 rings (SSSR count). The molecule has 90 valence electrons. The molecular formula is C10H15O5P. The van der Waals surface area contributed by atoms with E-state index in [2.05, 4.69) is 0 Å². The first-order valence-corrected chi connectivity index (χ1v) is 6.57. The van der Waals surface area contributed by atoms with Gasteiger partial charge in [-0.05, 0) is 26.8 Å². The van der Waals surface area contributed by atoms with Gasteiger partial charge in [-0.25, -0.2) is 0 Å². The van der Waals surface area contributed by atoms with Crippen LogP contribution in [0.25, 0.3) is 0 Å². The Hall–Kier alpha value is -0.900. The molecule has 5 nitrogen and oxygen atoms in total. The van der Waals surface area contributed by atoms with Crippen LogP contribution < -0.4 is 0 Å². The van der Waals surface area contributed by atoms with Gasteiger partial charge in [-0.15, -0.1) is 0 Å². The molecule has 1 aromatic heterocycles. The standard InChI is InChI=1S/C10H15O5P/c1-4-14-16(12,15-5-2)10(11)9-6-8(3)13-7-9/h6-7H,4-5H2,1-3H3. The minimum absolute atomic E-state index is 0.153. The van der Waals surface area contributed by atoms with E-state index in [1.165, 1.54) is 12.3 Å². The van der Waals surface area contributed by atoms with Gasteiger partial charge in [-0.3, -0.25) is 9.36 Å². The first-order chi connectivity index (χ1) is 7.53. The van der Waals surface area contributed by atoms with Crippen molar-refractivity contribution in [2.75, 3.05) is 13.2 Å². The molecule has 0 aliphatic heterocycles. The minimum Gasteiger partial charge on any atom is -0.469 e. The third kappa shape index (κ3) is 2.82. The predicted molar refractivity (Wildman–Crippen MR) is 58.6 cm³/mol. The van der Waals surface area contributed by atoms with Crippen LogP contribution in [-0.2, 0) is 13.6 Å².